The van der Waals surface area contributed by atoms with Crippen LogP contribution in [0, 0.1) is 0 Å². The number of esters is 1. The van der Waals surface area contributed by atoms with Crippen LogP contribution in [0.3, 0.4) is 0 Å². The highest BCUT2D eigenvalue weighted by atomic mass is 35.5. The first-order chi connectivity index (χ1) is 6.93. The number of carbonyl (C=O) groups excluding carboxylic acids is 1. The van der Waals surface area contributed by atoms with Crippen LogP contribution in [0.25, 0.3) is 0 Å². The summed E-state index contributed by atoms with van der Waals surface area (Å²) in [7, 11) is 0. The molecular weight excluding hydrogens is 220 g/mol. The topological polar surface area (TPSA) is 63.6 Å². The zero-order valence-corrected chi connectivity index (χ0v) is 8.69. The van der Waals surface area contributed by atoms with Crippen LogP contribution in [0.2, 0.25) is 0 Å². The van der Waals surface area contributed by atoms with Gasteiger partial charge in [0.15, 0.2) is 0 Å². The number of benzene rings is 1. The van der Waals surface area contributed by atoms with E-state index in [-0.39, 0.29) is 5.56 Å². The number of halogens is 1. The lowest BCUT2D eigenvalue weighted by atomic mass is 10.2. The third-order valence-electron chi connectivity index (χ3n) is 1.68. The maximum atomic E-state index is 11.4. The molecule has 0 saturated heterocycles. The zero-order valence-electron chi connectivity index (χ0n) is 7.94. The molecule has 1 atom stereocenters. The predicted octanol–water partition coefficient (Wildman–Crippen LogP) is 1.88. The fraction of sp³-hybridized carbons (Fsp3) is 0.200. The lowest BCUT2D eigenvalue weighted by molar-refractivity contribution is -0.149. The predicted molar refractivity (Wildman–Crippen MR) is 53.8 cm³/mol. The monoisotopic (exact) mass is 228 g/mol. The molecule has 1 N–H and O–H groups in total. The summed E-state index contributed by atoms with van der Waals surface area (Å²) in [6.45, 7) is 1.09. The van der Waals surface area contributed by atoms with Gasteiger partial charge in [-0.1, -0.05) is 29.8 Å². The van der Waals surface area contributed by atoms with E-state index in [0.29, 0.717) is 0 Å². The number of rotatable bonds is 3. The second kappa shape index (κ2) is 4.31. The van der Waals surface area contributed by atoms with Crippen molar-refractivity contribution in [3.63, 3.8) is 0 Å². The number of aliphatic carboxylic acids is 1. The van der Waals surface area contributed by atoms with Crippen molar-refractivity contribution in [2.45, 2.75) is 12.0 Å². The molecule has 1 rings (SSSR count). The minimum atomic E-state index is -2.03. The number of carboxylic acids is 1. The van der Waals surface area contributed by atoms with E-state index in [0.717, 1.165) is 6.92 Å². The summed E-state index contributed by atoms with van der Waals surface area (Å²) >= 11 is 5.47. The van der Waals surface area contributed by atoms with Crippen LogP contribution < -0.4 is 0 Å². The Labute approximate surface area is 91.4 Å². The maximum Gasteiger partial charge on any atom is 0.364 e. The molecule has 0 aliphatic heterocycles. The molecule has 0 amide bonds. The molecule has 0 saturated carbocycles. The molecule has 0 aliphatic carbocycles. The Hall–Kier alpha value is -1.55. The van der Waals surface area contributed by atoms with Gasteiger partial charge in [-0.2, -0.15) is 0 Å². The molecular formula is C10H9ClO4. The van der Waals surface area contributed by atoms with Crippen molar-refractivity contribution in [2.24, 2.45) is 0 Å². The molecule has 1 unspecified atom stereocenters. The normalized spacial score (nSPS) is 14.0. The molecule has 0 spiro atoms. The number of hydrogen-bond acceptors (Lipinski definition) is 3. The Morgan fingerprint density at radius 3 is 2.33 bits per heavy atom. The molecule has 0 bridgehead atoms. The number of carbonyl (C=O) groups is 2. The van der Waals surface area contributed by atoms with Crippen LogP contribution in [0.1, 0.15) is 17.3 Å². The van der Waals surface area contributed by atoms with Crippen LogP contribution in [-0.4, -0.2) is 22.1 Å². The standard InChI is InChI=1S/C10H9ClO4/c1-10(11,9(13)14)15-8(12)7-5-3-2-4-6-7/h2-6H,1H3,(H,13,14). The number of carboxylic acid groups (broad SMARTS) is 1. The summed E-state index contributed by atoms with van der Waals surface area (Å²) in [5.41, 5.74) is 0.255. The largest absolute Gasteiger partial charge is 0.477 e. The van der Waals surface area contributed by atoms with Crippen molar-refractivity contribution >= 4 is 23.5 Å². The Balaban J connectivity index is 2.77. The van der Waals surface area contributed by atoms with E-state index in [1.165, 1.54) is 12.1 Å². The van der Waals surface area contributed by atoms with E-state index in [9.17, 15) is 9.59 Å². The van der Waals surface area contributed by atoms with Gasteiger partial charge in [0, 0.05) is 6.92 Å². The highest BCUT2D eigenvalue weighted by molar-refractivity contribution is 6.32. The number of hydrogen-bond donors (Lipinski definition) is 1. The van der Waals surface area contributed by atoms with Crippen molar-refractivity contribution in [3.8, 4) is 0 Å². The minimum absolute atomic E-state index is 0.255. The average Bonchev–Trinajstić information content (AvgIpc) is 2.18. The van der Waals surface area contributed by atoms with Crippen molar-refractivity contribution < 1.29 is 19.4 Å². The number of ether oxygens (including phenoxy) is 1. The van der Waals surface area contributed by atoms with E-state index in [4.69, 9.17) is 16.7 Å². The van der Waals surface area contributed by atoms with Crippen LogP contribution in [-0.2, 0) is 9.53 Å². The summed E-state index contributed by atoms with van der Waals surface area (Å²) in [4.78, 5) is 22.0. The molecule has 1 aromatic carbocycles. The zero-order chi connectivity index (χ0) is 11.5. The van der Waals surface area contributed by atoms with E-state index >= 15 is 0 Å². The van der Waals surface area contributed by atoms with E-state index < -0.39 is 17.0 Å². The van der Waals surface area contributed by atoms with Crippen LogP contribution in [0.15, 0.2) is 30.3 Å². The van der Waals surface area contributed by atoms with Gasteiger partial charge in [-0.3, -0.25) is 0 Å². The second-order valence-corrected chi connectivity index (χ2v) is 3.70. The van der Waals surface area contributed by atoms with Crippen LogP contribution in [0.5, 0.6) is 0 Å². The van der Waals surface area contributed by atoms with Gasteiger partial charge in [0.1, 0.15) is 0 Å². The van der Waals surface area contributed by atoms with Crippen molar-refractivity contribution in [2.75, 3.05) is 0 Å². The van der Waals surface area contributed by atoms with Crippen molar-refractivity contribution in [3.05, 3.63) is 35.9 Å². The molecule has 0 radical (unpaired) electrons. The molecule has 1 aromatic rings. The molecule has 80 valence electrons. The van der Waals surface area contributed by atoms with Gasteiger partial charge in [0.05, 0.1) is 5.56 Å². The van der Waals surface area contributed by atoms with Gasteiger partial charge in [0.25, 0.3) is 5.06 Å². The second-order valence-electron chi connectivity index (χ2n) is 2.98. The van der Waals surface area contributed by atoms with Crippen molar-refractivity contribution in [1.29, 1.82) is 0 Å². The van der Waals surface area contributed by atoms with Gasteiger partial charge < -0.3 is 9.84 Å². The third kappa shape index (κ3) is 2.95. The minimum Gasteiger partial charge on any atom is -0.477 e. The summed E-state index contributed by atoms with van der Waals surface area (Å²) in [6, 6.07) is 8.04. The molecule has 0 heterocycles. The molecule has 0 fully saturated rings. The van der Waals surface area contributed by atoms with Gasteiger partial charge in [-0.05, 0) is 12.1 Å². The van der Waals surface area contributed by atoms with E-state index in [2.05, 4.69) is 4.74 Å². The number of alkyl halides is 1. The first kappa shape index (κ1) is 11.5. The summed E-state index contributed by atoms with van der Waals surface area (Å²) in [5.74, 6) is -2.18. The fourth-order valence-electron chi connectivity index (χ4n) is 0.851. The van der Waals surface area contributed by atoms with Crippen molar-refractivity contribution in [1.82, 2.24) is 0 Å². The van der Waals surface area contributed by atoms with Crippen LogP contribution >= 0.6 is 11.6 Å². The Bertz CT molecular complexity index is 372. The van der Waals surface area contributed by atoms with E-state index in [1.807, 2.05) is 0 Å². The molecule has 0 aromatic heterocycles. The highest BCUT2D eigenvalue weighted by Gasteiger charge is 2.35. The van der Waals surface area contributed by atoms with Gasteiger partial charge in [-0.15, -0.1) is 0 Å². The lowest BCUT2D eigenvalue weighted by Gasteiger charge is -2.17. The maximum absolute atomic E-state index is 11.4. The SMILES string of the molecule is CC(Cl)(OC(=O)c1ccccc1)C(=O)O. The Morgan fingerprint density at radius 1 is 1.33 bits per heavy atom. The van der Waals surface area contributed by atoms with Gasteiger partial charge >= 0.3 is 11.9 Å². The summed E-state index contributed by atoms with van der Waals surface area (Å²) in [6.07, 6.45) is 0. The summed E-state index contributed by atoms with van der Waals surface area (Å²) in [5, 5.41) is 6.59. The van der Waals surface area contributed by atoms with E-state index in [1.54, 1.807) is 18.2 Å². The van der Waals surface area contributed by atoms with Gasteiger partial charge in [-0.25, -0.2) is 9.59 Å². The molecule has 15 heavy (non-hydrogen) atoms. The Morgan fingerprint density at radius 2 is 1.87 bits per heavy atom. The Kier molecular flexibility index (Phi) is 3.31. The lowest BCUT2D eigenvalue weighted by Crippen LogP contribution is -2.34. The molecule has 4 nitrogen and oxygen atoms in total. The fourth-order valence-corrected chi connectivity index (χ4v) is 0.921. The molecule has 5 heteroatoms. The highest BCUT2D eigenvalue weighted by Crippen LogP contribution is 2.18. The van der Waals surface area contributed by atoms with Gasteiger partial charge in [0.2, 0.25) is 0 Å². The first-order valence-corrected chi connectivity index (χ1v) is 4.52. The first-order valence-electron chi connectivity index (χ1n) is 4.14. The molecule has 0 aliphatic rings. The smallest absolute Gasteiger partial charge is 0.364 e. The third-order valence-corrected chi connectivity index (χ3v) is 1.91. The quantitative estimate of drug-likeness (QED) is 0.634. The average molecular weight is 229 g/mol. The summed E-state index contributed by atoms with van der Waals surface area (Å²) < 4.78 is 4.61. The van der Waals surface area contributed by atoms with Crippen LogP contribution in [0.4, 0.5) is 0 Å².